The number of hydrogen-bond acceptors (Lipinski definition) is 6. The maximum Gasteiger partial charge on any atom is 0.238 e. The summed E-state index contributed by atoms with van der Waals surface area (Å²) in [6, 6.07) is 20.0. The summed E-state index contributed by atoms with van der Waals surface area (Å²) >= 11 is 1.69. The molecule has 3 heterocycles. The molecule has 6 nitrogen and oxygen atoms in total. The van der Waals surface area contributed by atoms with E-state index < -0.39 is 0 Å². The van der Waals surface area contributed by atoms with Crippen molar-refractivity contribution < 1.29 is 4.79 Å². The first-order valence-electron chi connectivity index (χ1n) is 10.5. The van der Waals surface area contributed by atoms with Crippen LogP contribution in [0.1, 0.15) is 11.3 Å². The van der Waals surface area contributed by atoms with E-state index in [1.54, 1.807) is 18.0 Å². The van der Waals surface area contributed by atoms with Gasteiger partial charge < -0.3 is 5.32 Å². The summed E-state index contributed by atoms with van der Waals surface area (Å²) in [7, 11) is 0. The summed E-state index contributed by atoms with van der Waals surface area (Å²) in [5.41, 5.74) is 3.10. The van der Waals surface area contributed by atoms with Gasteiger partial charge in [0.15, 0.2) is 0 Å². The fourth-order valence-corrected chi connectivity index (χ4v) is 4.36. The van der Waals surface area contributed by atoms with Gasteiger partial charge in [0.1, 0.15) is 0 Å². The fraction of sp³-hybridized carbons (Fsp3) is 0.292. The number of carbonyl (C=O) groups is 1. The molecule has 0 aliphatic carbocycles. The van der Waals surface area contributed by atoms with Gasteiger partial charge in [-0.05, 0) is 42.0 Å². The van der Waals surface area contributed by atoms with Crippen LogP contribution in [0.5, 0.6) is 0 Å². The van der Waals surface area contributed by atoms with Crippen LogP contribution in [0, 0.1) is 0 Å². The molecule has 160 valence electrons. The van der Waals surface area contributed by atoms with Crippen LogP contribution in [0.25, 0.3) is 0 Å². The molecule has 2 aromatic heterocycles. The number of aromatic nitrogens is 2. The lowest BCUT2D eigenvalue weighted by Gasteiger charge is -2.34. The number of nitrogens with zero attached hydrogens (tertiary/aromatic N) is 4. The number of carbonyl (C=O) groups excluding carboxylic acids is 1. The van der Waals surface area contributed by atoms with Crippen molar-refractivity contribution in [2.45, 2.75) is 17.3 Å². The van der Waals surface area contributed by atoms with E-state index in [4.69, 9.17) is 0 Å². The van der Waals surface area contributed by atoms with Crippen LogP contribution in [0.4, 0.5) is 5.69 Å². The first-order valence-corrected chi connectivity index (χ1v) is 11.5. The fourth-order valence-electron chi connectivity index (χ4n) is 3.56. The third-order valence-electron chi connectivity index (χ3n) is 5.18. The lowest BCUT2D eigenvalue weighted by Crippen LogP contribution is -2.48. The summed E-state index contributed by atoms with van der Waals surface area (Å²) in [5, 5.41) is 4.05. The summed E-state index contributed by atoms with van der Waals surface area (Å²) in [6.45, 7) is 4.96. The molecule has 1 N–H and O–H groups in total. The summed E-state index contributed by atoms with van der Waals surface area (Å²) in [4.78, 5) is 25.9. The van der Waals surface area contributed by atoms with Crippen molar-refractivity contribution in [3.8, 4) is 0 Å². The van der Waals surface area contributed by atoms with Crippen LogP contribution < -0.4 is 5.32 Å². The SMILES string of the molecule is O=C(CN1CCN(Cc2ccccn2)CC1)Nc1cccc(CSc2ccccn2)c1. The highest BCUT2D eigenvalue weighted by Crippen LogP contribution is 2.22. The Morgan fingerprint density at radius 3 is 2.42 bits per heavy atom. The van der Waals surface area contributed by atoms with Crippen molar-refractivity contribution >= 4 is 23.4 Å². The maximum absolute atomic E-state index is 12.6. The van der Waals surface area contributed by atoms with Crippen molar-refractivity contribution in [3.05, 3.63) is 84.3 Å². The smallest absolute Gasteiger partial charge is 0.238 e. The average Bonchev–Trinajstić information content (AvgIpc) is 2.81. The van der Waals surface area contributed by atoms with Crippen molar-refractivity contribution in [2.75, 3.05) is 38.0 Å². The number of amides is 1. The molecule has 7 heteroatoms. The largest absolute Gasteiger partial charge is 0.325 e. The first kappa shape index (κ1) is 21.5. The number of anilines is 1. The van der Waals surface area contributed by atoms with Gasteiger partial charge in [0, 0.05) is 56.6 Å². The van der Waals surface area contributed by atoms with Crippen molar-refractivity contribution in [1.82, 2.24) is 19.8 Å². The first-order chi connectivity index (χ1) is 15.2. The van der Waals surface area contributed by atoms with Gasteiger partial charge in [-0.1, -0.05) is 24.3 Å². The average molecular weight is 434 g/mol. The lowest BCUT2D eigenvalue weighted by molar-refractivity contribution is -0.117. The van der Waals surface area contributed by atoms with Gasteiger partial charge in [-0.15, -0.1) is 11.8 Å². The molecule has 0 spiro atoms. The number of hydrogen-bond donors (Lipinski definition) is 1. The highest BCUT2D eigenvalue weighted by Gasteiger charge is 2.19. The van der Waals surface area contributed by atoms with E-state index in [9.17, 15) is 4.79 Å². The third-order valence-corrected chi connectivity index (χ3v) is 6.19. The van der Waals surface area contributed by atoms with E-state index in [0.29, 0.717) is 6.54 Å². The number of rotatable bonds is 8. The van der Waals surface area contributed by atoms with E-state index in [2.05, 4.69) is 37.2 Å². The molecule has 1 aliphatic heterocycles. The monoisotopic (exact) mass is 433 g/mol. The van der Waals surface area contributed by atoms with Crippen LogP contribution >= 0.6 is 11.8 Å². The second-order valence-corrected chi connectivity index (χ2v) is 8.57. The molecule has 1 saturated heterocycles. The summed E-state index contributed by atoms with van der Waals surface area (Å²) in [6.07, 6.45) is 3.64. The molecule has 3 aromatic rings. The maximum atomic E-state index is 12.6. The molecule has 1 fully saturated rings. The number of nitrogens with one attached hydrogen (secondary N) is 1. The van der Waals surface area contributed by atoms with Crippen LogP contribution in [-0.4, -0.2) is 58.4 Å². The van der Waals surface area contributed by atoms with Crippen LogP contribution in [0.2, 0.25) is 0 Å². The zero-order chi connectivity index (χ0) is 21.3. The number of thioether (sulfide) groups is 1. The van der Waals surface area contributed by atoms with Gasteiger partial charge in [-0.2, -0.15) is 0 Å². The quantitative estimate of drug-likeness (QED) is 0.549. The van der Waals surface area contributed by atoms with Crippen LogP contribution in [0.15, 0.2) is 78.1 Å². The van der Waals surface area contributed by atoms with Crippen LogP contribution in [-0.2, 0) is 17.1 Å². The summed E-state index contributed by atoms with van der Waals surface area (Å²) < 4.78 is 0. The van der Waals surface area contributed by atoms with Crippen molar-refractivity contribution in [2.24, 2.45) is 0 Å². The van der Waals surface area contributed by atoms with Gasteiger partial charge in [-0.25, -0.2) is 4.98 Å². The highest BCUT2D eigenvalue weighted by molar-refractivity contribution is 7.98. The molecule has 0 bridgehead atoms. The molecule has 1 amide bonds. The molecule has 1 aromatic carbocycles. The predicted octanol–water partition coefficient (Wildman–Crippen LogP) is 3.53. The van der Waals surface area contributed by atoms with Gasteiger partial charge in [-0.3, -0.25) is 19.6 Å². The Morgan fingerprint density at radius 2 is 1.68 bits per heavy atom. The van der Waals surface area contributed by atoms with Crippen LogP contribution in [0.3, 0.4) is 0 Å². The summed E-state index contributed by atoms with van der Waals surface area (Å²) in [5.74, 6) is 0.853. The molecular weight excluding hydrogens is 406 g/mol. The number of benzene rings is 1. The van der Waals surface area contributed by atoms with E-state index in [1.165, 1.54) is 0 Å². The Kier molecular flexibility index (Phi) is 7.65. The Balaban J connectivity index is 1.21. The Morgan fingerprint density at radius 1 is 0.903 bits per heavy atom. The second-order valence-electron chi connectivity index (χ2n) is 7.58. The minimum atomic E-state index is 0.0349. The molecule has 0 unspecified atom stereocenters. The van der Waals surface area contributed by atoms with E-state index in [-0.39, 0.29) is 5.91 Å². The Bertz CT molecular complexity index is 962. The molecule has 4 rings (SSSR count). The molecule has 0 atom stereocenters. The van der Waals surface area contributed by atoms with Gasteiger partial charge in [0.25, 0.3) is 0 Å². The topological polar surface area (TPSA) is 61.4 Å². The third kappa shape index (κ3) is 6.89. The van der Waals surface area contributed by atoms with Crippen molar-refractivity contribution in [3.63, 3.8) is 0 Å². The zero-order valence-electron chi connectivity index (χ0n) is 17.5. The zero-order valence-corrected chi connectivity index (χ0v) is 18.3. The molecule has 1 aliphatic rings. The Hall–Kier alpha value is -2.74. The minimum absolute atomic E-state index is 0.0349. The predicted molar refractivity (Wildman–Crippen MR) is 125 cm³/mol. The minimum Gasteiger partial charge on any atom is -0.325 e. The number of piperazine rings is 1. The van der Waals surface area contributed by atoms with Gasteiger partial charge in [0.2, 0.25) is 5.91 Å². The molecular formula is C24H27N5OS. The molecule has 31 heavy (non-hydrogen) atoms. The van der Waals surface area contributed by atoms with E-state index >= 15 is 0 Å². The standard InChI is InChI=1S/C24H27N5OS/c30-23(18-29-14-12-28(13-15-29)17-22-7-1-3-10-25-22)27-21-8-5-6-20(16-21)19-31-24-9-2-4-11-26-24/h1-11,16H,12-15,17-19H2,(H,27,30). The van der Waals surface area contributed by atoms with E-state index in [0.717, 1.165) is 60.4 Å². The van der Waals surface area contributed by atoms with Gasteiger partial charge >= 0.3 is 0 Å². The van der Waals surface area contributed by atoms with Gasteiger partial charge in [0.05, 0.1) is 17.3 Å². The lowest BCUT2D eigenvalue weighted by atomic mass is 10.2. The molecule has 0 radical (unpaired) electrons. The number of pyridine rings is 2. The van der Waals surface area contributed by atoms with E-state index in [1.807, 2.05) is 54.7 Å². The van der Waals surface area contributed by atoms with Crippen molar-refractivity contribution in [1.29, 1.82) is 0 Å². The normalized spacial score (nSPS) is 15.0. The highest BCUT2D eigenvalue weighted by atomic mass is 32.2. The second kappa shape index (κ2) is 11.0. The molecule has 0 saturated carbocycles. The Labute approximate surface area is 187 Å².